The SMILES string of the molecule is CCCN1C[C@@H]2C[C@@]3(C)c4ccccc4N(CCC)C(=O)[C@@]23C1=O. The molecule has 0 bridgehead atoms. The number of para-hydroxylation sites is 1. The highest BCUT2D eigenvalue weighted by Crippen LogP contribution is 2.69. The third-order valence-electron chi connectivity index (χ3n) is 6.52. The van der Waals surface area contributed by atoms with E-state index >= 15 is 0 Å². The molecule has 1 aliphatic carbocycles. The second-order valence-corrected chi connectivity index (χ2v) is 7.77. The molecule has 1 aromatic carbocycles. The van der Waals surface area contributed by atoms with Gasteiger partial charge in [-0.1, -0.05) is 39.0 Å². The molecular formula is C20H26N2O2. The Hall–Kier alpha value is -1.84. The predicted octanol–water partition coefficient (Wildman–Crippen LogP) is 2.96. The van der Waals surface area contributed by atoms with Crippen LogP contribution in [0.1, 0.15) is 45.6 Å². The topological polar surface area (TPSA) is 40.6 Å². The van der Waals surface area contributed by atoms with E-state index < -0.39 is 5.41 Å². The highest BCUT2D eigenvalue weighted by molar-refractivity contribution is 6.18. The van der Waals surface area contributed by atoms with Crippen molar-refractivity contribution in [1.29, 1.82) is 0 Å². The summed E-state index contributed by atoms with van der Waals surface area (Å²) < 4.78 is 0. The molecule has 2 heterocycles. The molecule has 3 atom stereocenters. The van der Waals surface area contributed by atoms with Crippen molar-refractivity contribution in [3.05, 3.63) is 29.8 Å². The summed E-state index contributed by atoms with van der Waals surface area (Å²) in [5.74, 6) is 0.288. The maximum Gasteiger partial charge on any atom is 0.243 e. The van der Waals surface area contributed by atoms with Crippen LogP contribution >= 0.6 is 0 Å². The summed E-state index contributed by atoms with van der Waals surface area (Å²) in [4.78, 5) is 30.8. The summed E-state index contributed by atoms with van der Waals surface area (Å²) in [7, 11) is 0. The van der Waals surface area contributed by atoms with Crippen LogP contribution in [0.25, 0.3) is 0 Å². The van der Waals surface area contributed by atoms with Crippen LogP contribution in [0, 0.1) is 11.3 Å². The van der Waals surface area contributed by atoms with Crippen LogP contribution in [0.15, 0.2) is 24.3 Å². The molecule has 4 heteroatoms. The number of anilines is 1. The van der Waals surface area contributed by atoms with E-state index in [2.05, 4.69) is 26.8 Å². The molecule has 4 nitrogen and oxygen atoms in total. The minimum atomic E-state index is -0.855. The summed E-state index contributed by atoms with van der Waals surface area (Å²) in [5, 5.41) is 0. The van der Waals surface area contributed by atoms with Gasteiger partial charge in [-0.05, 0) is 30.9 Å². The minimum Gasteiger partial charge on any atom is -0.341 e. The number of hydrogen-bond acceptors (Lipinski definition) is 2. The van der Waals surface area contributed by atoms with Gasteiger partial charge in [-0.15, -0.1) is 0 Å². The molecule has 1 aromatic rings. The van der Waals surface area contributed by atoms with Gasteiger partial charge in [0, 0.05) is 36.7 Å². The van der Waals surface area contributed by atoms with E-state index in [0.29, 0.717) is 6.54 Å². The molecule has 1 saturated heterocycles. The molecule has 0 unspecified atom stereocenters. The first kappa shape index (κ1) is 15.7. The molecule has 0 aromatic heterocycles. The van der Waals surface area contributed by atoms with E-state index in [4.69, 9.17) is 0 Å². The number of carbonyl (C=O) groups excluding carboxylic acids is 2. The molecule has 1 spiro atoms. The third kappa shape index (κ3) is 1.55. The van der Waals surface area contributed by atoms with Gasteiger partial charge >= 0.3 is 0 Å². The third-order valence-corrected chi connectivity index (χ3v) is 6.52. The first-order chi connectivity index (χ1) is 11.5. The summed E-state index contributed by atoms with van der Waals surface area (Å²) in [6, 6.07) is 8.19. The highest BCUT2D eigenvalue weighted by Gasteiger charge is 2.78. The summed E-state index contributed by atoms with van der Waals surface area (Å²) in [6.45, 7) is 8.50. The first-order valence-corrected chi connectivity index (χ1v) is 9.23. The molecule has 24 heavy (non-hydrogen) atoms. The smallest absolute Gasteiger partial charge is 0.243 e. The molecule has 128 valence electrons. The molecular weight excluding hydrogens is 300 g/mol. The van der Waals surface area contributed by atoms with Gasteiger partial charge in [-0.25, -0.2) is 0 Å². The van der Waals surface area contributed by atoms with Gasteiger partial charge in [0.1, 0.15) is 5.41 Å². The van der Waals surface area contributed by atoms with Crippen LogP contribution in [0.2, 0.25) is 0 Å². The monoisotopic (exact) mass is 326 g/mol. The lowest BCUT2D eigenvalue weighted by Crippen LogP contribution is -2.71. The number of fused-ring (bicyclic) bond motifs is 2. The lowest BCUT2D eigenvalue weighted by Gasteiger charge is -2.61. The molecule has 0 radical (unpaired) electrons. The van der Waals surface area contributed by atoms with Crippen molar-refractivity contribution in [2.75, 3.05) is 24.5 Å². The van der Waals surface area contributed by atoms with Gasteiger partial charge in [-0.2, -0.15) is 0 Å². The fourth-order valence-electron chi connectivity index (χ4n) is 5.57. The number of carbonyl (C=O) groups is 2. The average molecular weight is 326 g/mol. The van der Waals surface area contributed by atoms with Gasteiger partial charge in [0.2, 0.25) is 11.8 Å². The van der Waals surface area contributed by atoms with Crippen molar-refractivity contribution in [3.63, 3.8) is 0 Å². The van der Waals surface area contributed by atoms with Gasteiger partial charge in [0.15, 0.2) is 0 Å². The Balaban J connectivity index is 1.89. The quantitative estimate of drug-likeness (QED) is 0.798. The Morgan fingerprint density at radius 2 is 1.79 bits per heavy atom. The number of likely N-dealkylation sites (tertiary alicyclic amines) is 1. The molecule has 2 aliphatic heterocycles. The maximum absolute atomic E-state index is 13.6. The Labute approximate surface area is 143 Å². The molecule has 1 saturated carbocycles. The zero-order valence-electron chi connectivity index (χ0n) is 14.8. The van der Waals surface area contributed by atoms with Crippen LogP contribution in [-0.4, -0.2) is 36.3 Å². The Bertz CT molecular complexity index is 715. The van der Waals surface area contributed by atoms with E-state index in [-0.39, 0.29) is 23.1 Å². The van der Waals surface area contributed by atoms with Crippen molar-refractivity contribution in [2.45, 2.75) is 45.4 Å². The van der Waals surface area contributed by atoms with E-state index in [9.17, 15) is 9.59 Å². The average Bonchev–Trinajstić information content (AvgIpc) is 2.79. The first-order valence-electron chi connectivity index (χ1n) is 9.23. The van der Waals surface area contributed by atoms with E-state index in [1.807, 2.05) is 28.0 Å². The second kappa shape index (κ2) is 5.08. The predicted molar refractivity (Wildman–Crippen MR) is 93.8 cm³/mol. The van der Waals surface area contributed by atoms with Gasteiger partial charge in [0.25, 0.3) is 0 Å². The van der Waals surface area contributed by atoms with Gasteiger partial charge in [0.05, 0.1) is 0 Å². The number of nitrogens with zero attached hydrogens (tertiary/aromatic N) is 2. The van der Waals surface area contributed by atoms with E-state index in [1.165, 1.54) is 5.56 Å². The zero-order chi connectivity index (χ0) is 17.1. The molecule has 2 amide bonds. The van der Waals surface area contributed by atoms with Crippen molar-refractivity contribution >= 4 is 17.5 Å². The molecule has 3 aliphatic rings. The lowest BCUT2D eigenvalue weighted by atomic mass is 9.41. The van der Waals surface area contributed by atoms with Gasteiger partial charge < -0.3 is 9.80 Å². The van der Waals surface area contributed by atoms with Crippen molar-refractivity contribution in [2.24, 2.45) is 11.3 Å². The Morgan fingerprint density at radius 1 is 1.08 bits per heavy atom. The largest absolute Gasteiger partial charge is 0.341 e. The van der Waals surface area contributed by atoms with Crippen LogP contribution < -0.4 is 4.90 Å². The number of benzene rings is 1. The Kier molecular flexibility index (Phi) is 3.32. The fraction of sp³-hybridized carbons (Fsp3) is 0.600. The minimum absolute atomic E-state index is 0.0467. The van der Waals surface area contributed by atoms with E-state index in [0.717, 1.165) is 38.0 Å². The van der Waals surface area contributed by atoms with Crippen molar-refractivity contribution < 1.29 is 9.59 Å². The summed E-state index contributed by atoms with van der Waals surface area (Å²) in [5.41, 5.74) is 0.986. The number of hydrogen-bond donors (Lipinski definition) is 0. The van der Waals surface area contributed by atoms with Crippen LogP contribution in [0.4, 0.5) is 5.69 Å². The van der Waals surface area contributed by atoms with Crippen molar-refractivity contribution in [1.82, 2.24) is 4.90 Å². The summed E-state index contributed by atoms with van der Waals surface area (Å²) >= 11 is 0. The number of rotatable bonds is 4. The molecule has 4 rings (SSSR count). The van der Waals surface area contributed by atoms with Crippen molar-refractivity contribution in [3.8, 4) is 0 Å². The van der Waals surface area contributed by atoms with Gasteiger partial charge in [-0.3, -0.25) is 9.59 Å². The summed E-state index contributed by atoms with van der Waals surface area (Å²) in [6.07, 6.45) is 2.76. The molecule has 0 N–H and O–H groups in total. The lowest BCUT2D eigenvalue weighted by molar-refractivity contribution is -0.162. The second-order valence-electron chi connectivity index (χ2n) is 7.77. The highest BCUT2D eigenvalue weighted by atomic mass is 16.2. The number of amides is 2. The van der Waals surface area contributed by atoms with Crippen LogP contribution in [-0.2, 0) is 15.0 Å². The van der Waals surface area contributed by atoms with E-state index in [1.54, 1.807) is 0 Å². The fourth-order valence-corrected chi connectivity index (χ4v) is 5.57. The normalized spacial score (nSPS) is 33.9. The van der Waals surface area contributed by atoms with Crippen LogP contribution in [0.3, 0.4) is 0 Å². The molecule has 2 fully saturated rings. The Morgan fingerprint density at radius 3 is 2.50 bits per heavy atom. The zero-order valence-corrected chi connectivity index (χ0v) is 14.8. The van der Waals surface area contributed by atoms with Crippen LogP contribution in [0.5, 0.6) is 0 Å². The maximum atomic E-state index is 13.6. The standard InChI is InChI=1S/C20H26N2O2/c1-4-10-21-13-14-12-19(3)15-8-6-7-9-16(15)22(11-5-2)18(24)20(14,19)17(21)23/h6-9,14H,4-5,10-13H2,1-3H3/t14-,19-,20-/m0/s1.